The zero-order chi connectivity index (χ0) is 20.8. The highest BCUT2D eigenvalue weighted by atomic mass is 19.1. The first kappa shape index (κ1) is 19.5. The topological polar surface area (TPSA) is 79.7 Å². The van der Waals surface area contributed by atoms with Crippen LogP contribution in [-0.2, 0) is 16.1 Å². The SMILES string of the molecule is N#C[C@@H]1CCCN1C(=O)[C@@H]1C[C@H](N2C[C@@H]3C[C@H]2C(=O)N3Cc2cccc(F)c2)CN1. The summed E-state index contributed by atoms with van der Waals surface area (Å²) in [5, 5.41) is 12.6. The second kappa shape index (κ2) is 7.64. The minimum Gasteiger partial charge on any atom is -0.333 e. The van der Waals surface area contributed by atoms with E-state index in [1.165, 1.54) is 12.1 Å². The number of hydrogen-bond acceptors (Lipinski definition) is 5. The number of carbonyl (C=O) groups excluding carboxylic acids is 2. The Balaban J connectivity index is 1.21. The standard InChI is InChI=1S/C22H26FN5O2/c23-15-4-1-3-14(7-15)12-28-18-9-20(22(28)30)27(13-18)17-8-19(25-11-17)21(29)26-6-2-5-16(26)10-24/h1,3-4,7,16-20,25H,2,5-6,8-9,11-13H2/t16-,17-,18-,19-,20-/m0/s1. The van der Waals surface area contributed by atoms with Gasteiger partial charge in [-0.15, -0.1) is 0 Å². The Labute approximate surface area is 175 Å². The number of nitrogens with one attached hydrogen (secondary N) is 1. The van der Waals surface area contributed by atoms with E-state index >= 15 is 0 Å². The fourth-order valence-corrected chi connectivity index (χ4v) is 5.64. The lowest BCUT2D eigenvalue weighted by Gasteiger charge is -2.37. The number of rotatable bonds is 4. The van der Waals surface area contributed by atoms with Crippen LogP contribution >= 0.6 is 0 Å². The molecule has 4 fully saturated rings. The normalized spacial score (nSPS) is 33.5. The van der Waals surface area contributed by atoms with Crippen molar-refractivity contribution in [1.82, 2.24) is 20.0 Å². The molecule has 0 aromatic heterocycles. The van der Waals surface area contributed by atoms with Crippen molar-refractivity contribution in [2.24, 2.45) is 0 Å². The molecule has 1 aromatic rings. The third kappa shape index (κ3) is 3.26. The molecule has 8 heteroatoms. The molecule has 0 radical (unpaired) electrons. The second-order valence-electron chi connectivity index (χ2n) is 8.87. The summed E-state index contributed by atoms with van der Waals surface area (Å²) in [7, 11) is 0. The Hall–Kier alpha value is -2.50. The molecule has 4 aliphatic rings. The van der Waals surface area contributed by atoms with Crippen LogP contribution in [0, 0.1) is 17.1 Å². The van der Waals surface area contributed by atoms with E-state index in [9.17, 15) is 19.2 Å². The molecule has 1 N–H and O–H groups in total. The molecule has 0 saturated carbocycles. The lowest BCUT2D eigenvalue weighted by atomic mass is 10.1. The number of carbonyl (C=O) groups is 2. The summed E-state index contributed by atoms with van der Waals surface area (Å²) in [6.07, 6.45) is 3.11. The molecule has 158 valence electrons. The number of nitriles is 1. The molecule has 30 heavy (non-hydrogen) atoms. The molecule has 0 unspecified atom stereocenters. The first-order valence-electron chi connectivity index (χ1n) is 10.8. The van der Waals surface area contributed by atoms with Crippen LogP contribution in [0.25, 0.3) is 0 Å². The van der Waals surface area contributed by atoms with Gasteiger partial charge in [0.1, 0.15) is 11.9 Å². The highest BCUT2D eigenvalue weighted by molar-refractivity contribution is 5.86. The zero-order valence-corrected chi connectivity index (χ0v) is 16.8. The van der Waals surface area contributed by atoms with Crippen molar-refractivity contribution >= 4 is 11.8 Å². The summed E-state index contributed by atoms with van der Waals surface area (Å²) in [6.45, 7) is 2.58. The lowest BCUT2D eigenvalue weighted by Crippen LogP contribution is -2.53. The first-order chi connectivity index (χ1) is 14.5. The number of likely N-dealkylation sites (tertiary alicyclic amines) is 3. The number of fused-ring (bicyclic) bond motifs is 2. The number of amides is 2. The van der Waals surface area contributed by atoms with Gasteiger partial charge in [-0.1, -0.05) is 12.1 Å². The van der Waals surface area contributed by atoms with Gasteiger partial charge in [-0.3, -0.25) is 14.5 Å². The molecule has 0 aliphatic carbocycles. The van der Waals surface area contributed by atoms with E-state index in [1.807, 2.05) is 11.0 Å². The number of hydrogen-bond donors (Lipinski definition) is 1. The van der Waals surface area contributed by atoms with Crippen molar-refractivity contribution in [2.45, 2.75) is 62.4 Å². The van der Waals surface area contributed by atoms with Gasteiger partial charge in [-0.2, -0.15) is 5.26 Å². The van der Waals surface area contributed by atoms with Crippen molar-refractivity contribution < 1.29 is 14.0 Å². The molecule has 4 aliphatic heterocycles. The highest BCUT2D eigenvalue weighted by Crippen LogP contribution is 2.36. The van der Waals surface area contributed by atoms with E-state index in [0.717, 1.165) is 31.4 Å². The lowest BCUT2D eigenvalue weighted by molar-refractivity contribution is -0.138. The van der Waals surface area contributed by atoms with Crippen LogP contribution in [0.5, 0.6) is 0 Å². The largest absolute Gasteiger partial charge is 0.333 e. The van der Waals surface area contributed by atoms with Crippen LogP contribution in [0.4, 0.5) is 4.39 Å². The van der Waals surface area contributed by atoms with E-state index in [4.69, 9.17) is 0 Å². The summed E-state index contributed by atoms with van der Waals surface area (Å²) in [5.41, 5.74) is 0.813. The van der Waals surface area contributed by atoms with E-state index < -0.39 is 0 Å². The van der Waals surface area contributed by atoms with E-state index in [2.05, 4.69) is 16.3 Å². The van der Waals surface area contributed by atoms with Gasteiger partial charge >= 0.3 is 0 Å². The molecule has 4 heterocycles. The minimum atomic E-state index is -0.306. The maximum Gasteiger partial charge on any atom is 0.240 e. The van der Waals surface area contributed by atoms with Gasteiger partial charge in [0.05, 0.1) is 18.2 Å². The Morgan fingerprint density at radius 2 is 2.17 bits per heavy atom. The molecule has 5 rings (SSSR count). The van der Waals surface area contributed by atoms with Crippen molar-refractivity contribution in [2.75, 3.05) is 19.6 Å². The summed E-state index contributed by atoms with van der Waals surface area (Å²) in [6, 6.07) is 8.22. The molecule has 2 amide bonds. The fourth-order valence-electron chi connectivity index (χ4n) is 5.64. The fraction of sp³-hybridized carbons (Fsp3) is 0.591. The Bertz CT molecular complexity index is 902. The third-order valence-corrected chi connectivity index (χ3v) is 7.13. The van der Waals surface area contributed by atoms with E-state index in [1.54, 1.807) is 11.0 Å². The van der Waals surface area contributed by atoms with Gasteiger partial charge in [0.15, 0.2) is 0 Å². The van der Waals surface area contributed by atoms with Gasteiger partial charge in [-0.05, 0) is 43.4 Å². The Morgan fingerprint density at radius 3 is 2.93 bits per heavy atom. The summed E-state index contributed by atoms with van der Waals surface area (Å²) in [4.78, 5) is 31.7. The number of halogens is 1. The smallest absolute Gasteiger partial charge is 0.240 e. The molecule has 1 aromatic carbocycles. The van der Waals surface area contributed by atoms with Crippen molar-refractivity contribution in [3.63, 3.8) is 0 Å². The molecule has 5 atom stereocenters. The Kier molecular flexibility index (Phi) is 4.95. The molecule has 2 bridgehead atoms. The summed E-state index contributed by atoms with van der Waals surface area (Å²) in [5.74, 6) is -0.158. The van der Waals surface area contributed by atoms with Gasteiger partial charge in [0.25, 0.3) is 0 Å². The average molecular weight is 411 g/mol. The van der Waals surface area contributed by atoms with Crippen molar-refractivity contribution in [1.29, 1.82) is 5.26 Å². The van der Waals surface area contributed by atoms with Crippen LogP contribution in [0.1, 0.15) is 31.2 Å². The number of nitrogens with zero attached hydrogens (tertiary/aromatic N) is 4. The monoisotopic (exact) mass is 411 g/mol. The average Bonchev–Trinajstić information content (AvgIpc) is 3.52. The van der Waals surface area contributed by atoms with Crippen LogP contribution in [-0.4, -0.2) is 76.4 Å². The van der Waals surface area contributed by atoms with Crippen LogP contribution < -0.4 is 5.32 Å². The predicted molar refractivity (Wildman–Crippen MR) is 106 cm³/mol. The quantitative estimate of drug-likeness (QED) is 0.795. The molecule has 4 saturated heterocycles. The van der Waals surface area contributed by atoms with Gasteiger partial charge in [0.2, 0.25) is 11.8 Å². The van der Waals surface area contributed by atoms with Crippen LogP contribution in [0.3, 0.4) is 0 Å². The first-order valence-corrected chi connectivity index (χ1v) is 10.8. The van der Waals surface area contributed by atoms with Crippen molar-refractivity contribution in [3.05, 3.63) is 35.6 Å². The van der Waals surface area contributed by atoms with E-state index in [0.29, 0.717) is 26.1 Å². The van der Waals surface area contributed by atoms with Gasteiger partial charge in [0, 0.05) is 38.3 Å². The highest BCUT2D eigenvalue weighted by Gasteiger charge is 2.52. The molecular formula is C22H26FN5O2. The number of benzene rings is 1. The van der Waals surface area contributed by atoms with Gasteiger partial charge < -0.3 is 15.1 Å². The van der Waals surface area contributed by atoms with Crippen LogP contribution in [0.15, 0.2) is 24.3 Å². The van der Waals surface area contributed by atoms with E-state index in [-0.39, 0.29) is 47.8 Å². The summed E-state index contributed by atoms with van der Waals surface area (Å²) >= 11 is 0. The maximum absolute atomic E-state index is 13.5. The van der Waals surface area contributed by atoms with Gasteiger partial charge in [-0.25, -0.2) is 4.39 Å². The maximum atomic E-state index is 13.5. The minimum absolute atomic E-state index is 0.0185. The predicted octanol–water partition coefficient (Wildman–Crippen LogP) is 0.856. The van der Waals surface area contributed by atoms with Crippen molar-refractivity contribution in [3.8, 4) is 6.07 Å². The zero-order valence-electron chi connectivity index (χ0n) is 16.8. The molecule has 0 spiro atoms. The third-order valence-electron chi connectivity index (χ3n) is 7.13. The summed E-state index contributed by atoms with van der Waals surface area (Å²) < 4.78 is 13.5. The second-order valence-corrected chi connectivity index (χ2v) is 8.87. The molecular weight excluding hydrogens is 385 g/mol. The number of piperazine rings is 1. The molecule has 7 nitrogen and oxygen atoms in total. The Morgan fingerprint density at radius 1 is 1.30 bits per heavy atom. The van der Waals surface area contributed by atoms with Crippen LogP contribution in [0.2, 0.25) is 0 Å².